The Morgan fingerprint density at radius 2 is 2.00 bits per heavy atom. The highest BCUT2D eigenvalue weighted by molar-refractivity contribution is 8.37. The molecule has 116 valence electrons. The van der Waals surface area contributed by atoms with Crippen molar-refractivity contribution in [1.29, 1.82) is 0 Å². The van der Waals surface area contributed by atoms with Crippen LogP contribution in [0.3, 0.4) is 0 Å². The maximum absolute atomic E-state index is 12.5. The number of benzene rings is 2. The highest BCUT2D eigenvalue weighted by Crippen LogP contribution is 2.30. The summed E-state index contributed by atoms with van der Waals surface area (Å²) in [4.78, 5) is 5.52. The second kappa shape index (κ2) is 7.68. The molecule has 2 nitrogen and oxygen atoms in total. The van der Waals surface area contributed by atoms with Gasteiger partial charge >= 0.3 is 0 Å². The van der Waals surface area contributed by atoms with Crippen LogP contribution in [-0.4, -0.2) is 15.5 Å². The van der Waals surface area contributed by atoms with Gasteiger partial charge in [0, 0.05) is 21.6 Å². The third kappa shape index (κ3) is 4.16. The number of thioether (sulfide) groups is 1. The number of hydrogen-bond acceptors (Lipinski definition) is 3. The van der Waals surface area contributed by atoms with Crippen LogP contribution < -0.4 is 0 Å². The SMILES string of the molecule is C=C/C=C\C=C1/CN=C([S@@+]([O-])Cc2ccc3ccccc3c2)S1. The van der Waals surface area contributed by atoms with E-state index in [9.17, 15) is 4.55 Å². The van der Waals surface area contributed by atoms with E-state index in [1.165, 1.54) is 22.5 Å². The second-order valence-electron chi connectivity index (χ2n) is 5.11. The Hall–Kier alpha value is -1.75. The third-order valence-electron chi connectivity index (χ3n) is 3.42. The molecule has 0 bridgehead atoms. The monoisotopic (exact) mass is 339 g/mol. The second-order valence-corrected chi connectivity index (χ2v) is 7.85. The van der Waals surface area contributed by atoms with E-state index in [0.717, 1.165) is 14.8 Å². The van der Waals surface area contributed by atoms with Gasteiger partial charge in [-0.25, -0.2) is 4.99 Å². The molecule has 1 heterocycles. The van der Waals surface area contributed by atoms with Crippen molar-refractivity contribution >= 4 is 38.1 Å². The van der Waals surface area contributed by atoms with Crippen LogP contribution in [0.2, 0.25) is 0 Å². The maximum Gasteiger partial charge on any atom is 0.280 e. The first kappa shape index (κ1) is 16.1. The molecule has 0 aromatic heterocycles. The van der Waals surface area contributed by atoms with Gasteiger partial charge in [0.2, 0.25) is 0 Å². The molecule has 0 saturated carbocycles. The summed E-state index contributed by atoms with van der Waals surface area (Å²) in [6, 6.07) is 14.4. The van der Waals surface area contributed by atoms with E-state index in [4.69, 9.17) is 0 Å². The number of hydrogen-bond donors (Lipinski definition) is 0. The zero-order valence-electron chi connectivity index (χ0n) is 12.6. The molecule has 2 aromatic carbocycles. The van der Waals surface area contributed by atoms with E-state index in [2.05, 4.69) is 35.8 Å². The van der Waals surface area contributed by atoms with Gasteiger partial charge in [0.1, 0.15) is 5.75 Å². The van der Waals surface area contributed by atoms with Crippen molar-refractivity contribution in [3.05, 3.63) is 83.8 Å². The summed E-state index contributed by atoms with van der Waals surface area (Å²) in [5.41, 5.74) is 1.08. The molecule has 0 aliphatic carbocycles. The van der Waals surface area contributed by atoms with Gasteiger partial charge < -0.3 is 4.55 Å². The number of nitrogens with zero attached hydrogens (tertiary/aromatic N) is 1. The molecule has 1 atom stereocenters. The summed E-state index contributed by atoms with van der Waals surface area (Å²) in [5.74, 6) is 0.506. The van der Waals surface area contributed by atoms with Crippen molar-refractivity contribution in [3.63, 3.8) is 0 Å². The molecule has 0 N–H and O–H groups in total. The van der Waals surface area contributed by atoms with Crippen LogP contribution >= 0.6 is 11.8 Å². The number of rotatable bonds is 4. The standard InChI is InChI=1S/C19H17NOS2/c1-2-3-4-9-18-13-20-19(22-18)23(21)14-15-10-11-16-7-5-6-8-17(16)12-15/h2-12H,1,13-14H2/b4-3-,18-9+/t23-/m0/s1. The first-order valence-electron chi connectivity index (χ1n) is 7.33. The quantitative estimate of drug-likeness (QED) is 0.591. The molecule has 0 spiro atoms. The Labute approximate surface area is 143 Å². The first-order chi connectivity index (χ1) is 11.3. The van der Waals surface area contributed by atoms with Crippen molar-refractivity contribution in [1.82, 2.24) is 0 Å². The van der Waals surface area contributed by atoms with Crippen molar-refractivity contribution in [2.75, 3.05) is 6.54 Å². The van der Waals surface area contributed by atoms with Gasteiger partial charge in [0.05, 0.1) is 6.54 Å². The summed E-state index contributed by atoms with van der Waals surface area (Å²) in [5, 5.41) is 2.38. The minimum atomic E-state index is -1.09. The fourth-order valence-corrected chi connectivity index (χ4v) is 4.62. The predicted octanol–water partition coefficient (Wildman–Crippen LogP) is 4.82. The maximum atomic E-state index is 12.5. The number of fused-ring (bicyclic) bond motifs is 1. The van der Waals surface area contributed by atoms with Gasteiger partial charge in [-0.15, -0.1) is 0 Å². The van der Waals surface area contributed by atoms with Crippen LogP contribution in [0.15, 0.2) is 83.2 Å². The lowest BCUT2D eigenvalue weighted by molar-refractivity contribution is 0.606. The van der Waals surface area contributed by atoms with Crippen molar-refractivity contribution in [2.24, 2.45) is 4.99 Å². The van der Waals surface area contributed by atoms with E-state index < -0.39 is 11.2 Å². The molecular formula is C19H17NOS2. The Morgan fingerprint density at radius 3 is 2.83 bits per heavy atom. The largest absolute Gasteiger partial charge is 0.610 e. The van der Waals surface area contributed by atoms with Crippen LogP contribution in [0.5, 0.6) is 0 Å². The highest BCUT2D eigenvalue weighted by Gasteiger charge is 2.24. The number of aliphatic imine (C=N–C) groups is 1. The summed E-state index contributed by atoms with van der Waals surface area (Å²) in [7, 11) is 0. The lowest BCUT2D eigenvalue weighted by Crippen LogP contribution is -2.12. The first-order valence-corrected chi connectivity index (χ1v) is 9.46. The molecule has 1 aliphatic rings. The molecule has 0 amide bonds. The Kier molecular flexibility index (Phi) is 5.39. The van der Waals surface area contributed by atoms with Crippen LogP contribution in [-0.2, 0) is 16.9 Å². The van der Waals surface area contributed by atoms with Gasteiger partial charge in [-0.3, -0.25) is 0 Å². The minimum Gasteiger partial charge on any atom is -0.610 e. The molecule has 3 rings (SSSR count). The molecule has 0 unspecified atom stereocenters. The topological polar surface area (TPSA) is 35.4 Å². The van der Waals surface area contributed by atoms with E-state index in [1.54, 1.807) is 6.08 Å². The molecule has 4 heteroatoms. The molecule has 2 aromatic rings. The van der Waals surface area contributed by atoms with Gasteiger partial charge in [-0.1, -0.05) is 67.3 Å². The third-order valence-corrected chi connectivity index (χ3v) is 6.17. The Balaban J connectivity index is 1.66. The molecule has 0 saturated heterocycles. The van der Waals surface area contributed by atoms with Gasteiger partial charge in [0.25, 0.3) is 4.38 Å². The minimum absolute atomic E-state index is 0.506. The van der Waals surface area contributed by atoms with Crippen molar-refractivity contribution in [3.8, 4) is 0 Å². The fraction of sp³-hybridized carbons (Fsp3) is 0.105. The van der Waals surface area contributed by atoms with Crippen molar-refractivity contribution in [2.45, 2.75) is 5.75 Å². The normalized spacial score (nSPS) is 17.8. The van der Waals surface area contributed by atoms with Crippen LogP contribution in [0.4, 0.5) is 0 Å². The van der Waals surface area contributed by atoms with Crippen LogP contribution in [0.25, 0.3) is 10.8 Å². The lowest BCUT2D eigenvalue weighted by atomic mass is 10.1. The molecular weight excluding hydrogens is 322 g/mol. The Morgan fingerprint density at radius 1 is 1.17 bits per heavy atom. The zero-order chi connectivity index (χ0) is 16.1. The fourth-order valence-electron chi connectivity index (χ4n) is 2.31. The van der Waals surface area contributed by atoms with Crippen molar-refractivity contribution < 1.29 is 4.55 Å². The summed E-state index contributed by atoms with van der Waals surface area (Å²) < 4.78 is 13.2. The van der Waals surface area contributed by atoms with E-state index >= 15 is 0 Å². The van der Waals surface area contributed by atoms with Crippen LogP contribution in [0.1, 0.15) is 5.56 Å². The summed E-state index contributed by atoms with van der Waals surface area (Å²) in [6.45, 7) is 4.25. The average Bonchev–Trinajstić information content (AvgIpc) is 3.04. The molecule has 23 heavy (non-hydrogen) atoms. The predicted molar refractivity (Wildman–Crippen MR) is 103 cm³/mol. The smallest absolute Gasteiger partial charge is 0.280 e. The van der Waals surface area contributed by atoms with Gasteiger partial charge in [0.15, 0.2) is 0 Å². The summed E-state index contributed by atoms with van der Waals surface area (Å²) >= 11 is 0.428. The lowest BCUT2D eigenvalue weighted by Gasteiger charge is -2.09. The van der Waals surface area contributed by atoms with Gasteiger partial charge in [-0.05, 0) is 28.6 Å². The summed E-state index contributed by atoms with van der Waals surface area (Å²) in [6.07, 6.45) is 7.53. The zero-order valence-corrected chi connectivity index (χ0v) is 14.3. The Bertz CT molecular complexity index is 808. The highest BCUT2D eigenvalue weighted by atomic mass is 32.3. The van der Waals surface area contributed by atoms with Gasteiger partial charge in [-0.2, -0.15) is 0 Å². The molecule has 0 radical (unpaired) electrons. The molecule has 1 aliphatic heterocycles. The molecule has 0 fully saturated rings. The number of allylic oxidation sites excluding steroid dienone is 4. The van der Waals surface area contributed by atoms with E-state index in [1.807, 2.05) is 36.4 Å². The van der Waals surface area contributed by atoms with Crippen LogP contribution in [0, 0.1) is 0 Å². The van der Waals surface area contributed by atoms with E-state index in [0.29, 0.717) is 12.3 Å². The van der Waals surface area contributed by atoms with E-state index in [-0.39, 0.29) is 0 Å². The average molecular weight is 339 g/mol.